The molecule has 0 radical (unpaired) electrons. The number of nitrogens with zero attached hydrogens (tertiary/aromatic N) is 2. The Labute approximate surface area is 217 Å². The third-order valence-electron chi connectivity index (χ3n) is 6.88. The van der Waals surface area contributed by atoms with Crippen LogP contribution in [0.15, 0.2) is 84.9 Å². The zero-order chi connectivity index (χ0) is 25.8. The minimum atomic E-state index is -0.144. The molecule has 1 aromatic heterocycles. The van der Waals surface area contributed by atoms with Crippen LogP contribution in [0.3, 0.4) is 0 Å². The molecular formula is C31H32N4O2. The lowest BCUT2D eigenvalue weighted by molar-refractivity contribution is -0.124. The molecule has 1 aliphatic heterocycles. The molecular weight excluding hydrogens is 460 g/mol. The Morgan fingerprint density at radius 2 is 1.65 bits per heavy atom. The zero-order valence-corrected chi connectivity index (χ0v) is 21.3. The number of hydrogen-bond acceptors (Lipinski definition) is 4. The average molecular weight is 493 g/mol. The number of piperazine rings is 1. The van der Waals surface area contributed by atoms with Crippen LogP contribution in [0.4, 0.5) is 0 Å². The summed E-state index contributed by atoms with van der Waals surface area (Å²) in [6, 6.07) is 27.7. The van der Waals surface area contributed by atoms with Gasteiger partial charge in [-0.25, -0.2) is 4.98 Å². The highest BCUT2D eigenvalue weighted by molar-refractivity contribution is 6.09. The Bertz CT molecular complexity index is 1400. The van der Waals surface area contributed by atoms with Crippen molar-refractivity contribution in [1.29, 1.82) is 0 Å². The normalized spacial score (nSPS) is 14.9. The van der Waals surface area contributed by atoms with Gasteiger partial charge in [0, 0.05) is 36.1 Å². The van der Waals surface area contributed by atoms with Gasteiger partial charge in [0.15, 0.2) is 0 Å². The second-order valence-electron chi connectivity index (χ2n) is 9.86. The molecule has 2 heterocycles. The van der Waals surface area contributed by atoms with Crippen LogP contribution in [0.1, 0.15) is 41.4 Å². The molecule has 1 aliphatic rings. The summed E-state index contributed by atoms with van der Waals surface area (Å²) in [5, 5.41) is 7.05. The number of fused-ring (bicyclic) bond motifs is 1. The smallest absolute Gasteiger partial charge is 0.252 e. The Hall–Kier alpha value is -4.03. The minimum absolute atomic E-state index is 0.00351. The predicted molar refractivity (Wildman–Crippen MR) is 147 cm³/mol. The standard InChI is InChI=1S/C31H32N4O2/c1-21(2)29(22-11-5-3-6-12-22)34-31(37)28-24-15-9-10-16-26(24)33-30(23-13-7-4-8-14-23)25(28)19-35-18-17-32-27(36)20-35/h3-16,21,29H,17-20H2,1-2H3,(H,32,36)(H,34,37)/t29-/m0/s1. The van der Waals surface area contributed by atoms with Gasteiger partial charge in [0.05, 0.1) is 29.4 Å². The fourth-order valence-electron chi connectivity index (χ4n) is 5.06. The van der Waals surface area contributed by atoms with E-state index >= 15 is 0 Å². The van der Waals surface area contributed by atoms with Gasteiger partial charge in [0.2, 0.25) is 5.91 Å². The van der Waals surface area contributed by atoms with E-state index in [-0.39, 0.29) is 23.8 Å². The summed E-state index contributed by atoms with van der Waals surface area (Å²) in [4.78, 5) is 33.5. The number of rotatable bonds is 7. The van der Waals surface area contributed by atoms with Crippen molar-refractivity contribution in [2.45, 2.75) is 26.4 Å². The largest absolute Gasteiger partial charge is 0.354 e. The number of benzene rings is 3. The van der Waals surface area contributed by atoms with Gasteiger partial charge in [-0.3, -0.25) is 14.5 Å². The first-order chi connectivity index (χ1) is 18.0. The SMILES string of the molecule is CC(C)[C@H](NC(=O)c1c(CN2CCNC(=O)C2)c(-c2ccccc2)nc2ccccc12)c1ccccc1. The third-order valence-corrected chi connectivity index (χ3v) is 6.88. The van der Waals surface area contributed by atoms with Gasteiger partial charge in [-0.05, 0) is 17.5 Å². The van der Waals surface area contributed by atoms with E-state index in [2.05, 4.69) is 41.5 Å². The van der Waals surface area contributed by atoms with Crippen LogP contribution in [0.5, 0.6) is 0 Å². The number of amides is 2. The summed E-state index contributed by atoms with van der Waals surface area (Å²) in [5.74, 6) is 0.0632. The molecule has 6 heteroatoms. The van der Waals surface area contributed by atoms with Gasteiger partial charge in [0.1, 0.15) is 0 Å². The summed E-state index contributed by atoms with van der Waals surface area (Å²) in [6.45, 7) is 6.28. The zero-order valence-electron chi connectivity index (χ0n) is 21.3. The molecule has 3 aromatic carbocycles. The first-order valence-electron chi connectivity index (χ1n) is 12.8. The third kappa shape index (κ3) is 5.39. The molecule has 1 atom stereocenters. The van der Waals surface area contributed by atoms with E-state index in [9.17, 15) is 9.59 Å². The molecule has 0 aliphatic carbocycles. The van der Waals surface area contributed by atoms with Crippen LogP contribution in [0.2, 0.25) is 0 Å². The van der Waals surface area contributed by atoms with Crippen molar-refractivity contribution in [2.75, 3.05) is 19.6 Å². The molecule has 2 amide bonds. The van der Waals surface area contributed by atoms with Gasteiger partial charge >= 0.3 is 0 Å². The van der Waals surface area contributed by atoms with Crippen LogP contribution < -0.4 is 10.6 Å². The molecule has 4 aromatic rings. The lowest BCUT2D eigenvalue weighted by atomic mass is 9.93. The van der Waals surface area contributed by atoms with Crippen molar-refractivity contribution in [3.8, 4) is 11.3 Å². The highest BCUT2D eigenvalue weighted by Crippen LogP contribution is 2.32. The van der Waals surface area contributed by atoms with Crippen LogP contribution in [0.25, 0.3) is 22.2 Å². The summed E-state index contributed by atoms with van der Waals surface area (Å²) < 4.78 is 0. The van der Waals surface area contributed by atoms with Gasteiger partial charge in [-0.2, -0.15) is 0 Å². The van der Waals surface area contributed by atoms with E-state index in [1.54, 1.807) is 0 Å². The molecule has 37 heavy (non-hydrogen) atoms. The topological polar surface area (TPSA) is 74.3 Å². The number of para-hydroxylation sites is 1. The van der Waals surface area contributed by atoms with Crippen molar-refractivity contribution >= 4 is 22.7 Å². The van der Waals surface area contributed by atoms with Crippen molar-refractivity contribution < 1.29 is 9.59 Å². The van der Waals surface area contributed by atoms with Crippen LogP contribution in [0, 0.1) is 5.92 Å². The Morgan fingerprint density at radius 3 is 2.35 bits per heavy atom. The summed E-state index contributed by atoms with van der Waals surface area (Å²) in [5.41, 5.74) is 5.03. The minimum Gasteiger partial charge on any atom is -0.354 e. The van der Waals surface area contributed by atoms with Gasteiger partial charge in [0.25, 0.3) is 5.91 Å². The second-order valence-corrected chi connectivity index (χ2v) is 9.86. The van der Waals surface area contributed by atoms with Crippen molar-refractivity contribution in [3.63, 3.8) is 0 Å². The Kier molecular flexibility index (Phi) is 7.28. The monoisotopic (exact) mass is 492 g/mol. The van der Waals surface area contributed by atoms with Gasteiger partial charge in [-0.1, -0.05) is 92.7 Å². The number of carbonyl (C=O) groups is 2. The van der Waals surface area contributed by atoms with Gasteiger partial charge < -0.3 is 10.6 Å². The first kappa shape index (κ1) is 24.7. The Balaban J connectivity index is 1.66. The van der Waals surface area contributed by atoms with E-state index in [1.165, 1.54) is 0 Å². The molecule has 6 nitrogen and oxygen atoms in total. The number of pyridine rings is 1. The van der Waals surface area contributed by atoms with E-state index in [1.807, 2.05) is 72.8 Å². The summed E-state index contributed by atoms with van der Waals surface area (Å²) >= 11 is 0. The average Bonchev–Trinajstić information content (AvgIpc) is 2.92. The second kappa shape index (κ2) is 10.9. The van der Waals surface area contributed by atoms with Crippen molar-refractivity contribution in [1.82, 2.24) is 20.5 Å². The van der Waals surface area contributed by atoms with E-state index < -0.39 is 0 Å². The van der Waals surface area contributed by atoms with E-state index in [0.29, 0.717) is 31.7 Å². The number of nitrogens with one attached hydrogen (secondary N) is 2. The fourth-order valence-corrected chi connectivity index (χ4v) is 5.06. The molecule has 1 fully saturated rings. The molecule has 0 bridgehead atoms. The molecule has 188 valence electrons. The van der Waals surface area contributed by atoms with Crippen molar-refractivity contribution in [2.24, 2.45) is 5.92 Å². The lowest BCUT2D eigenvalue weighted by Gasteiger charge is -2.29. The van der Waals surface area contributed by atoms with Crippen molar-refractivity contribution in [3.05, 3.63) is 102 Å². The maximum Gasteiger partial charge on any atom is 0.252 e. The van der Waals surface area contributed by atoms with E-state index in [4.69, 9.17) is 4.98 Å². The summed E-state index contributed by atoms with van der Waals surface area (Å²) in [6.07, 6.45) is 0. The number of carbonyl (C=O) groups excluding carboxylic acids is 2. The van der Waals surface area contributed by atoms with Crippen LogP contribution in [-0.2, 0) is 11.3 Å². The lowest BCUT2D eigenvalue weighted by Crippen LogP contribution is -2.47. The highest BCUT2D eigenvalue weighted by Gasteiger charge is 2.27. The summed E-state index contributed by atoms with van der Waals surface area (Å²) in [7, 11) is 0. The molecule has 5 rings (SSSR count). The first-order valence-corrected chi connectivity index (χ1v) is 12.8. The van der Waals surface area contributed by atoms with Gasteiger partial charge in [-0.15, -0.1) is 0 Å². The molecule has 0 unspecified atom stereocenters. The predicted octanol–water partition coefficient (Wildman–Crippen LogP) is 4.96. The molecule has 2 N–H and O–H groups in total. The number of aromatic nitrogens is 1. The highest BCUT2D eigenvalue weighted by atomic mass is 16.2. The molecule has 0 saturated carbocycles. The van der Waals surface area contributed by atoms with Crippen LogP contribution in [-0.4, -0.2) is 41.3 Å². The number of hydrogen-bond donors (Lipinski definition) is 2. The maximum atomic E-state index is 14.2. The molecule has 0 spiro atoms. The quantitative estimate of drug-likeness (QED) is 0.382. The van der Waals surface area contributed by atoms with Crippen LogP contribution >= 0.6 is 0 Å². The Morgan fingerprint density at radius 1 is 0.973 bits per heavy atom. The fraction of sp³-hybridized carbons (Fsp3) is 0.258. The maximum absolute atomic E-state index is 14.2. The van der Waals surface area contributed by atoms with E-state index in [0.717, 1.165) is 33.3 Å². The molecule has 1 saturated heterocycles.